The van der Waals surface area contributed by atoms with Crippen LogP contribution >= 0.6 is 0 Å². The molecule has 3 N–H and O–H groups in total. The van der Waals surface area contributed by atoms with Crippen molar-refractivity contribution >= 4 is 23.4 Å². The first-order valence-electron chi connectivity index (χ1n) is 12.9. The normalized spacial score (nSPS) is 11.1. The van der Waals surface area contributed by atoms with Gasteiger partial charge < -0.3 is 11.1 Å². The van der Waals surface area contributed by atoms with Gasteiger partial charge in [-0.1, -0.05) is 48.5 Å². The molecule has 0 aliphatic heterocycles. The molecule has 3 aromatic heterocycles. The number of anilines is 1. The van der Waals surface area contributed by atoms with Crippen LogP contribution in [0.25, 0.3) is 39.5 Å². The van der Waals surface area contributed by atoms with Crippen molar-refractivity contribution in [2.45, 2.75) is 13.0 Å². The topological polar surface area (TPSA) is 102 Å². The van der Waals surface area contributed by atoms with E-state index in [9.17, 15) is 4.79 Å². The Morgan fingerprint density at radius 2 is 1.77 bits per heavy atom. The maximum Gasteiger partial charge on any atom is 0.207 e. The van der Waals surface area contributed by atoms with Gasteiger partial charge in [-0.25, -0.2) is 15.0 Å². The zero-order chi connectivity index (χ0) is 27.0. The van der Waals surface area contributed by atoms with E-state index in [2.05, 4.69) is 46.0 Å². The molecule has 8 heteroatoms. The monoisotopic (exact) mass is 517 g/mol. The van der Waals surface area contributed by atoms with Crippen molar-refractivity contribution < 1.29 is 4.79 Å². The van der Waals surface area contributed by atoms with Crippen molar-refractivity contribution in [1.29, 1.82) is 0 Å². The van der Waals surface area contributed by atoms with Gasteiger partial charge in [0.2, 0.25) is 6.41 Å². The number of fused-ring (bicyclic) bond motifs is 1. The summed E-state index contributed by atoms with van der Waals surface area (Å²) in [6, 6.07) is 26.3. The van der Waals surface area contributed by atoms with Crippen LogP contribution < -0.4 is 11.1 Å². The number of hydrogen-bond donors (Lipinski definition) is 2. The molecular formula is C31H31N7O. The van der Waals surface area contributed by atoms with E-state index in [4.69, 9.17) is 15.7 Å². The number of benzene rings is 2. The number of nitrogens with zero attached hydrogens (tertiary/aromatic N) is 5. The quantitative estimate of drug-likeness (QED) is 0.139. The molecule has 0 saturated heterocycles. The van der Waals surface area contributed by atoms with Gasteiger partial charge in [0.1, 0.15) is 11.3 Å². The number of pyridine rings is 2. The van der Waals surface area contributed by atoms with Crippen LogP contribution in [0.3, 0.4) is 0 Å². The summed E-state index contributed by atoms with van der Waals surface area (Å²) < 4.78 is 2.04. The molecule has 39 heavy (non-hydrogen) atoms. The number of aromatic nitrogens is 4. The first-order chi connectivity index (χ1) is 19.2. The Morgan fingerprint density at radius 3 is 2.51 bits per heavy atom. The number of imidazole rings is 1. The van der Waals surface area contributed by atoms with Gasteiger partial charge >= 0.3 is 0 Å². The Bertz CT molecular complexity index is 1560. The third-order valence-electron chi connectivity index (χ3n) is 6.56. The molecule has 0 aliphatic carbocycles. The predicted molar refractivity (Wildman–Crippen MR) is 156 cm³/mol. The molecule has 5 aromatic rings. The minimum atomic E-state index is 0.413. The molecule has 0 unspecified atom stereocenters. The lowest BCUT2D eigenvalue weighted by molar-refractivity contribution is -0.109. The fourth-order valence-electron chi connectivity index (χ4n) is 4.59. The fraction of sp³-hybridized carbons (Fsp3) is 0.161. The summed E-state index contributed by atoms with van der Waals surface area (Å²) in [7, 11) is 0. The summed E-state index contributed by atoms with van der Waals surface area (Å²) in [6.07, 6.45) is 5.20. The average molecular weight is 518 g/mol. The van der Waals surface area contributed by atoms with Crippen molar-refractivity contribution in [3.63, 3.8) is 0 Å². The summed E-state index contributed by atoms with van der Waals surface area (Å²) in [6.45, 7) is 6.83. The second-order valence-electron chi connectivity index (χ2n) is 9.20. The van der Waals surface area contributed by atoms with Crippen LogP contribution in [0, 0.1) is 0 Å². The second kappa shape index (κ2) is 12.1. The summed E-state index contributed by atoms with van der Waals surface area (Å²) in [5.41, 5.74) is 12.6. The number of carbonyl (C=O) groups is 1. The largest absolute Gasteiger partial charge is 0.383 e. The van der Waals surface area contributed by atoms with Gasteiger partial charge in [0.15, 0.2) is 11.5 Å². The number of nitrogens with one attached hydrogen (secondary N) is 1. The van der Waals surface area contributed by atoms with Crippen LogP contribution in [0.1, 0.15) is 12.0 Å². The number of hydrogen-bond acceptors (Lipinski definition) is 6. The van der Waals surface area contributed by atoms with Gasteiger partial charge in [-0.15, -0.1) is 6.58 Å². The molecule has 0 atom stereocenters. The lowest BCUT2D eigenvalue weighted by Gasteiger charge is -2.22. The zero-order valence-electron chi connectivity index (χ0n) is 21.7. The molecule has 3 heterocycles. The molecule has 196 valence electrons. The number of nitrogens with two attached hydrogens (primary N) is 1. The molecule has 1 amide bonds. The molecule has 0 fully saturated rings. The van der Waals surface area contributed by atoms with E-state index >= 15 is 0 Å². The maximum atomic E-state index is 10.7. The van der Waals surface area contributed by atoms with Crippen molar-refractivity contribution in [2.24, 2.45) is 0 Å². The SMILES string of the molecule is C=CCCN(CCNC=O)Cc1ccc(-n2c(-c3cccnc3N)nc3ccc(-c4ccccc4)nc32)cc1. The maximum absolute atomic E-state index is 10.7. The highest BCUT2D eigenvalue weighted by Gasteiger charge is 2.19. The smallest absolute Gasteiger partial charge is 0.207 e. The highest BCUT2D eigenvalue weighted by molar-refractivity contribution is 5.84. The standard InChI is InChI=1S/C31H31N7O/c1-2-3-19-37(20-18-33-22-39)21-23-11-13-25(14-12-23)38-30(26-10-7-17-34-29(26)32)36-28-16-15-27(35-31(28)38)24-8-5-4-6-9-24/h2,4-17,22H,1,3,18-21H2,(H2,32,34)(H,33,39). The van der Waals surface area contributed by atoms with Crippen molar-refractivity contribution in [3.05, 3.63) is 103 Å². The summed E-state index contributed by atoms with van der Waals surface area (Å²) >= 11 is 0. The Hall–Kier alpha value is -4.82. The van der Waals surface area contributed by atoms with Gasteiger partial charge in [0, 0.05) is 43.6 Å². The summed E-state index contributed by atoms with van der Waals surface area (Å²) in [5.74, 6) is 1.10. The van der Waals surface area contributed by atoms with Crippen LogP contribution in [0.4, 0.5) is 5.82 Å². The van der Waals surface area contributed by atoms with E-state index in [0.29, 0.717) is 18.2 Å². The number of amides is 1. The number of carbonyl (C=O) groups excluding carboxylic acids is 1. The van der Waals surface area contributed by atoms with E-state index in [1.165, 1.54) is 5.56 Å². The van der Waals surface area contributed by atoms with Gasteiger partial charge in [0.25, 0.3) is 0 Å². The lowest BCUT2D eigenvalue weighted by atomic mass is 10.1. The molecule has 0 bridgehead atoms. The van der Waals surface area contributed by atoms with Gasteiger partial charge in [-0.3, -0.25) is 14.3 Å². The highest BCUT2D eigenvalue weighted by Crippen LogP contribution is 2.31. The predicted octanol–water partition coefficient (Wildman–Crippen LogP) is 4.86. The third-order valence-corrected chi connectivity index (χ3v) is 6.56. The third kappa shape index (κ3) is 5.86. The van der Waals surface area contributed by atoms with Gasteiger partial charge in [-0.2, -0.15) is 0 Å². The van der Waals surface area contributed by atoms with E-state index in [1.807, 2.05) is 65.2 Å². The Balaban J connectivity index is 1.55. The lowest BCUT2D eigenvalue weighted by Crippen LogP contribution is -2.32. The molecule has 0 radical (unpaired) electrons. The Labute approximate surface area is 227 Å². The first-order valence-corrected chi connectivity index (χ1v) is 12.9. The van der Waals surface area contributed by atoms with Crippen LogP contribution in [0.15, 0.2) is 97.7 Å². The highest BCUT2D eigenvalue weighted by atomic mass is 16.1. The molecule has 8 nitrogen and oxygen atoms in total. The average Bonchev–Trinajstić information content (AvgIpc) is 3.35. The van der Waals surface area contributed by atoms with Gasteiger partial charge in [0.05, 0.1) is 11.3 Å². The van der Waals surface area contributed by atoms with Crippen LogP contribution in [0.5, 0.6) is 0 Å². The van der Waals surface area contributed by atoms with Crippen LogP contribution in [0.2, 0.25) is 0 Å². The molecule has 0 aliphatic rings. The molecule has 5 rings (SSSR count). The number of rotatable bonds is 12. The first kappa shape index (κ1) is 25.8. The minimum Gasteiger partial charge on any atom is -0.383 e. The summed E-state index contributed by atoms with van der Waals surface area (Å²) in [4.78, 5) is 27.2. The van der Waals surface area contributed by atoms with Crippen LogP contribution in [-0.2, 0) is 11.3 Å². The Morgan fingerprint density at radius 1 is 0.949 bits per heavy atom. The van der Waals surface area contributed by atoms with E-state index in [0.717, 1.165) is 66.1 Å². The van der Waals surface area contributed by atoms with E-state index < -0.39 is 0 Å². The molecule has 0 saturated carbocycles. The van der Waals surface area contributed by atoms with Crippen LogP contribution in [-0.4, -0.2) is 50.5 Å². The molecule has 0 spiro atoms. The minimum absolute atomic E-state index is 0.413. The zero-order valence-corrected chi connectivity index (χ0v) is 21.7. The van der Waals surface area contributed by atoms with Crippen molar-refractivity contribution in [2.75, 3.05) is 25.4 Å². The Kier molecular flexibility index (Phi) is 8.04. The second-order valence-corrected chi connectivity index (χ2v) is 9.20. The molecule has 2 aromatic carbocycles. The summed E-state index contributed by atoms with van der Waals surface area (Å²) in [5, 5.41) is 2.75. The van der Waals surface area contributed by atoms with Gasteiger partial charge in [-0.05, 0) is 48.4 Å². The molecular weight excluding hydrogens is 486 g/mol. The van der Waals surface area contributed by atoms with E-state index in [-0.39, 0.29) is 0 Å². The van der Waals surface area contributed by atoms with Crippen molar-refractivity contribution in [1.82, 2.24) is 29.7 Å². The fourth-order valence-corrected chi connectivity index (χ4v) is 4.59. The number of nitrogen functional groups attached to an aromatic ring is 1. The van der Waals surface area contributed by atoms with Crippen molar-refractivity contribution in [3.8, 4) is 28.3 Å². The van der Waals surface area contributed by atoms with E-state index in [1.54, 1.807) is 6.20 Å².